The van der Waals surface area contributed by atoms with Gasteiger partial charge in [-0.1, -0.05) is 20.3 Å². The molecule has 0 aromatic carbocycles. The molecule has 1 saturated carbocycles. The molecule has 0 bridgehead atoms. The van der Waals surface area contributed by atoms with Crippen molar-refractivity contribution in [2.45, 2.75) is 64.8 Å². The molecule has 0 radical (unpaired) electrons. The van der Waals surface area contributed by atoms with Crippen LogP contribution in [0.15, 0.2) is 0 Å². The molecular weight excluding hydrogens is 210 g/mol. The molecule has 17 heavy (non-hydrogen) atoms. The van der Waals surface area contributed by atoms with Crippen molar-refractivity contribution in [3.8, 4) is 0 Å². The molecule has 0 aromatic heterocycles. The Kier molecular flexibility index (Phi) is 4.87. The molecule has 2 heteroatoms. The zero-order valence-corrected chi connectivity index (χ0v) is 11.6. The highest BCUT2D eigenvalue weighted by atomic mass is 16.5. The molecule has 1 unspecified atom stereocenters. The van der Waals surface area contributed by atoms with Crippen molar-refractivity contribution in [1.29, 1.82) is 0 Å². The van der Waals surface area contributed by atoms with E-state index in [0.29, 0.717) is 5.41 Å². The average molecular weight is 239 g/mol. The van der Waals surface area contributed by atoms with Crippen LogP contribution in [0.4, 0.5) is 0 Å². The minimum absolute atomic E-state index is 0.513. The first-order chi connectivity index (χ1) is 8.22. The third kappa shape index (κ3) is 4.59. The Bertz CT molecular complexity index is 221. The molecule has 0 aromatic rings. The summed E-state index contributed by atoms with van der Waals surface area (Å²) in [7, 11) is 0. The van der Waals surface area contributed by atoms with Gasteiger partial charge in [-0.3, -0.25) is 0 Å². The second kappa shape index (κ2) is 6.19. The fourth-order valence-corrected chi connectivity index (χ4v) is 3.19. The summed E-state index contributed by atoms with van der Waals surface area (Å²) in [6.07, 6.45) is 9.43. The molecule has 1 atom stereocenters. The van der Waals surface area contributed by atoms with Crippen molar-refractivity contribution in [2.24, 2.45) is 11.3 Å². The Labute approximate surface area is 107 Å². The van der Waals surface area contributed by atoms with E-state index in [0.717, 1.165) is 25.2 Å². The minimum Gasteiger partial charge on any atom is -0.381 e. The van der Waals surface area contributed by atoms with Crippen LogP contribution in [0.1, 0.15) is 58.8 Å². The summed E-state index contributed by atoms with van der Waals surface area (Å²) in [6.45, 7) is 8.01. The topological polar surface area (TPSA) is 21.3 Å². The summed E-state index contributed by atoms with van der Waals surface area (Å²) < 4.78 is 5.47. The number of nitrogens with one attached hydrogen (secondary N) is 1. The van der Waals surface area contributed by atoms with Crippen molar-refractivity contribution in [3.05, 3.63) is 0 Å². The van der Waals surface area contributed by atoms with Gasteiger partial charge in [0.15, 0.2) is 0 Å². The smallest absolute Gasteiger partial charge is 0.0468 e. The molecule has 1 aliphatic carbocycles. The molecule has 1 saturated heterocycles. The zero-order valence-electron chi connectivity index (χ0n) is 11.6. The van der Waals surface area contributed by atoms with E-state index in [-0.39, 0.29) is 0 Å². The molecule has 1 heterocycles. The van der Waals surface area contributed by atoms with E-state index in [1.165, 1.54) is 51.5 Å². The molecular formula is C15H29NO. The van der Waals surface area contributed by atoms with Gasteiger partial charge in [0.1, 0.15) is 0 Å². The molecule has 2 rings (SSSR count). The largest absolute Gasteiger partial charge is 0.381 e. The van der Waals surface area contributed by atoms with E-state index in [4.69, 9.17) is 4.74 Å². The Hall–Kier alpha value is -0.0800. The molecule has 0 amide bonds. The fourth-order valence-electron chi connectivity index (χ4n) is 3.19. The lowest BCUT2D eigenvalue weighted by Crippen LogP contribution is -2.35. The second-order valence-electron chi connectivity index (χ2n) is 6.48. The van der Waals surface area contributed by atoms with Gasteiger partial charge in [-0.15, -0.1) is 0 Å². The van der Waals surface area contributed by atoms with E-state index in [9.17, 15) is 0 Å². The van der Waals surface area contributed by atoms with Crippen molar-refractivity contribution >= 4 is 0 Å². The van der Waals surface area contributed by atoms with Crippen LogP contribution in [-0.4, -0.2) is 25.8 Å². The first kappa shape index (κ1) is 13.4. The summed E-state index contributed by atoms with van der Waals surface area (Å²) in [4.78, 5) is 0. The molecule has 1 aliphatic heterocycles. The van der Waals surface area contributed by atoms with Crippen LogP contribution >= 0.6 is 0 Å². The average Bonchev–Trinajstić information content (AvgIpc) is 3.12. The highest BCUT2D eigenvalue weighted by Crippen LogP contribution is 2.35. The Morgan fingerprint density at radius 3 is 2.47 bits per heavy atom. The monoisotopic (exact) mass is 239 g/mol. The maximum Gasteiger partial charge on any atom is 0.0468 e. The zero-order chi connectivity index (χ0) is 12.1. The van der Waals surface area contributed by atoms with Gasteiger partial charge in [-0.2, -0.15) is 0 Å². The van der Waals surface area contributed by atoms with E-state index in [1.54, 1.807) is 0 Å². The molecule has 2 aliphatic rings. The van der Waals surface area contributed by atoms with Gasteiger partial charge in [0.2, 0.25) is 0 Å². The number of rotatable bonds is 7. The minimum atomic E-state index is 0.513. The number of hydrogen-bond acceptors (Lipinski definition) is 2. The van der Waals surface area contributed by atoms with Gasteiger partial charge in [-0.25, -0.2) is 0 Å². The van der Waals surface area contributed by atoms with E-state index < -0.39 is 0 Å². The SMILES string of the molecule is CCCC(C)(CNC1CC1)CC1CCOCC1. The van der Waals surface area contributed by atoms with Gasteiger partial charge < -0.3 is 10.1 Å². The van der Waals surface area contributed by atoms with Crippen molar-refractivity contribution in [1.82, 2.24) is 5.32 Å². The Balaban J connectivity index is 1.79. The van der Waals surface area contributed by atoms with Crippen LogP contribution in [-0.2, 0) is 4.74 Å². The standard InChI is InChI=1S/C15H29NO/c1-3-8-15(2,12-16-14-4-5-14)11-13-6-9-17-10-7-13/h13-14,16H,3-12H2,1-2H3. The number of ether oxygens (including phenoxy) is 1. The van der Waals surface area contributed by atoms with Crippen molar-refractivity contribution in [2.75, 3.05) is 19.8 Å². The van der Waals surface area contributed by atoms with Gasteiger partial charge >= 0.3 is 0 Å². The Morgan fingerprint density at radius 1 is 1.18 bits per heavy atom. The maximum atomic E-state index is 5.47. The van der Waals surface area contributed by atoms with Gasteiger partial charge in [0.05, 0.1) is 0 Å². The Morgan fingerprint density at radius 2 is 1.88 bits per heavy atom. The highest BCUT2D eigenvalue weighted by Gasteiger charge is 2.30. The van der Waals surface area contributed by atoms with Gasteiger partial charge in [0.25, 0.3) is 0 Å². The normalized spacial score (nSPS) is 25.8. The third-order valence-electron chi connectivity index (χ3n) is 4.37. The second-order valence-corrected chi connectivity index (χ2v) is 6.48. The fraction of sp³-hybridized carbons (Fsp3) is 1.00. The van der Waals surface area contributed by atoms with E-state index in [1.807, 2.05) is 0 Å². The van der Waals surface area contributed by atoms with Gasteiger partial charge in [-0.05, 0) is 49.9 Å². The number of hydrogen-bond donors (Lipinski definition) is 1. The summed E-state index contributed by atoms with van der Waals surface area (Å²) in [5.41, 5.74) is 0.513. The lowest BCUT2D eigenvalue weighted by atomic mass is 9.75. The maximum absolute atomic E-state index is 5.47. The summed E-state index contributed by atoms with van der Waals surface area (Å²) >= 11 is 0. The van der Waals surface area contributed by atoms with E-state index in [2.05, 4.69) is 19.2 Å². The van der Waals surface area contributed by atoms with Gasteiger partial charge in [0, 0.05) is 25.8 Å². The summed E-state index contributed by atoms with van der Waals surface area (Å²) in [5, 5.41) is 3.74. The predicted molar refractivity (Wildman–Crippen MR) is 72.2 cm³/mol. The molecule has 0 spiro atoms. The lowest BCUT2D eigenvalue weighted by Gasteiger charge is -2.35. The van der Waals surface area contributed by atoms with Crippen LogP contribution in [0.2, 0.25) is 0 Å². The summed E-state index contributed by atoms with van der Waals surface area (Å²) in [5.74, 6) is 0.904. The molecule has 100 valence electrons. The molecule has 2 fully saturated rings. The van der Waals surface area contributed by atoms with Crippen LogP contribution in [0, 0.1) is 11.3 Å². The predicted octanol–water partition coefficient (Wildman–Crippen LogP) is 3.36. The lowest BCUT2D eigenvalue weighted by molar-refractivity contribution is 0.0472. The van der Waals surface area contributed by atoms with Crippen LogP contribution in [0.5, 0.6) is 0 Å². The molecule has 2 nitrogen and oxygen atoms in total. The first-order valence-electron chi connectivity index (χ1n) is 7.53. The third-order valence-corrected chi connectivity index (χ3v) is 4.37. The van der Waals surface area contributed by atoms with Crippen LogP contribution in [0.25, 0.3) is 0 Å². The molecule has 1 N–H and O–H groups in total. The highest BCUT2D eigenvalue weighted by molar-refractivity contribution is 4.87. The summed E-state index contributed by atoms with van der Waals surface area (Å²) in [6, 6.07) is 0.848. The van der Waals surface area contributed by atoms with E-state index >= 15 is 0 Å². The van der Waals surface area contributed by atoms with Crippen LogP contribution < -0.4 is 5.32 Å². The quantitative estimate of drug-likeness (QED) is 0.735. The first-order valence-corrected chi connectivity index (χ1v) is 7.53. The van der Waals surface area contributed by atoms with Crippen molar-refractivity contribution in [3.63, 3.8) is 0 Å². The van der Waals surface area contributed by atoms with Crippen molar-refractivity contribution < 1.29 is 4.74 Å². The van der Waals surface area contributed by atoms with Crippen LogP contribution in [0.3, 0.4) is 0 Å².